The Morgan fingerprint density at radius 1 is 1.07 bits per heavy atom. The monoisotopic (exact) mass is 375 g/mol. The van der Waals surface area contributed by atoms with Crippen LogP contribution >= 0.6 is 0 Å². The summed E-state index contributed by atoms with van der Waals surface area (Å²) in [5.41, 5.74) is 3.10. The Morgan fingerprint density at radius 3 is 2.43 bits per heavy atom. The highest BCUT2D eigenvalue weighted by Gasteiger charge is 2.40. The third kappa shape index (κ3) is 3.36. The first-order chi connectivity index (χ1) is 13.6. The molecule has 4 rings (SSSR count). The molecular weight excluding hydrogens is 354 g/mol. The number of nitrogens with zero attached hydrogens (tertiary/aromatic N) is 1. The van der Waals surface area contributed by atoms with Gasteiger partial charge in [0.25, 0.3) is 0 Å². The van der Waals surface area contributed by atoms with Gasteiger partial charge in [-0.15, -0.1) is 0 Å². The Hall–Kier alpha value is -3.21. The van der Waals surface area contributed by atoms with Crippen molar-refractivity contribution in [3.05, 3.63) is 65.9 Å². The number of ether oxygens (including phenoxy) is 2. The van der Waals surface area contributed by atoms with Gasteiger partial charge in [-0.25, -0.2) is 9.78 Å². The fourth-order valence-corrected chi connectivity index (χ4v) is 3.49. The van der Waals surface area contributed by atoms with Crippen LogP contribution in [-0.2, 0) is 20.9 Å². The summed E-state index contributed by atoms with van der Waals surface area (Å²) >= 11 is 0. The van der Waals surface area contributed by atoms with Gasteiger partial charge in [0.2, 0.25) is 0 Å². The molecule has 2 atom stereocenters. The van der Waals surface area contributed by atoms with Crippen molar-refractivity contribution < 1.29 is 19.1 Å². The Balaban J connectivity index is 1.86. The van der Waals surface area contributed by atoms with Gasteiger partial charge < -0.3 is 9.47 Å². The van der Waals surface area contributed by atoms with Crippen LogP contribution in [0.15, 0.2) is 54.6 Å². The number of hydrogen-bond donors (Lipinski definition) is 0. The predicted octanol–water partition coefficient (Wildman–Crippen LogP) is 4.39. The number of benzene rings is 2. The van der Waals surface area contributed by atoms with Crippen LogP contribution in [0.25, 0.3) is 22.0 Å². The maximum absolute atomic E-state index is 12.7. The molecule has 28 heavy (non-hydrogen) atoms. The van der Waals surface area contributed by atoms with Crippen molar-refractivity contribution >= 4 is 22.8 Å². The molecule has 0 bridgehead atoms. The number of methoxy groups -OCH3 is 1. The molecule has 3 aromatic rings. The normalized spacial score (nSPS) is 17.9. The van der Waals surface area contributed by atoms with Crippen LogP contribution < -0.4 is 0 Å². The molecular formula is C23H21NO4. The summed E-state index contributed by atoms with van der Waals surface area (Å²) < 4.78 is 10.5. The number of esters is 2. The molecule has 142 valence electrons. The quantitative estimate of drug-likeness (QED) is 0.619. The van der Waals surface area contributed by atoms with Crippen molar-refractivity contribution in [2.45, 2.75) is 20.0 Å². The molecule has 0 aliphatic heterocycles. The van der Waals surface area contributed by atoms with E-state index in [4.69, 9.17) is 9.47 Å². The van der Waals surface area contributed by atoms with Crippen LogP contribution in [0.3, 0.4) is 0 Å². The van der Waals surface area contributed by atoms with Gasteiger partial charge in [0.1, 0.15) is 6.61 Å². The largest absolute Gasteiger partial charge is 0.465 e. The molecule has 0 amide bonds. The maximum atomic E-state index is 12.7. The van der Waals surface area contributed by atoms with E-state index in [0.717, 1.165) is 28.5 Å². The van der Waals surface area contributed by atoms with Crippen LogP contribution in [0.1, 0.15) is 29.4 Å². The van der Waals surface area contributed by atoms with Gasteiger partial charge in [0, 0.05) is 10.9 Å². The molecule has 1 aliphatic rings. The number of carbonyl (C=O) groups is 2. The minimum atomic E-state index is -0.497. The summed E-state index contributed by atoms with van der Waals surface area (Å²) in [6.45, 7) is 1.96. The second-order valence-electron chi connectivity index (χ2n) is 7.11. The van der Waals surface area contributed by atoms with Crippen LogP contribution in [-0.4, -0.2) is 24.0 Å². The lowest BCUT2D eigenvalue weighted by Gasteiger charge is -2.16. The third-order valence-electron chi connectivity index (χ3n) is 5.18. The first kappa shape index (κ1) is 18.2. The second-order valence-corrected chi connectivity index (χ2v) is 7.11. The molecule has 1 heterocycles. The molecule has 1 aliphatic carbocycles. The summed E-state index contributed by atoms with van der Waals surface area (Å²) in [4.78, 5) is 29.5. The zero-order valence-electron chi connectivity index (χ0n) is 15.8. The van der Waals surface area contributed by atoms with E-state index in [1.165, 1.54) is 7.11 Å². The molecule has 5 nitrogen and oxygen atoms in total. The van der Waals surface area contributed by atoms with E-state index in [1.54, 1.807) is 0 Å². The van der Waals surface area contributed by atoms with Crippen LogP contribution in [0, 0.1) is 11.8 Å². The highest BCUT2D eigenvalue weighted by atomic mass is 16.5. The summed E-state index contributed by atoms with van der Waals surface area (Å²) in [6.07, 6.45) is 0.850. The van der Waals surface area contributed by atoms with E-state index < -0.39 is 5.97 Å². The van der Waals surface area contributed by atoms with Crippen molar-refractivity contribution in [2.75, 3.05) is 7.11 Å². The lowest BCUT2D eigenvalue weighted by molar-refractivity contribution is -0.147. The third-order valence-corrected chi connectivity index (χ3v) is 5.18. The van der Waals surface area contributed by atoms with Crippen molar-refractivity contribution in [2.24, 2.45) is 11.8 Å². The average Bonchev–Trinajstić information content (AvgIpc) is 3.47. The van der Waals surface area contributed by atoms with E-state index in [0.29, 0.717) is 17.2 Å². The molecule has 0 unspecified atom stereocenters. The van der Waals surface area contributed by atoms with Gasteiger partial charge in [-0.2, -0.15) is 0 Å². The van der Waals surface area contributed by atoms with E-state index >= 15 is 0 Å². The molecule has 1 aromatic heterocycles. The highest BCUT2D eigenvalue weighted by Crippen LogP contribution is 2.39. The van der Waals surface area contributed by atoms with E-state index in [1.807, 2.05) is 61.5 Å². The van der Waals surface area contributed by atoms with Crippen molar-refractivity contribution in [1.29, 1.82) is 0 Å². The highest BCUT2D eigenvalue weighted by molar-refractivity contribution is 6.07. The summed E-state index contributed by atoms with van der Waals surface area (Å²) in [5.74, 6) is -0.421. The Morgan fingerprint density at radius 2 is 1.75 bits per heavy atom. The van der Waals surface area contributed by atoms with Gasteiger partial charge >= 0.3 is 11.9 Å². The maximum Gasteiger partial charge on any atom is 0.340 e. The summed E-state index contributed by atoms with van der Waals surface area (Å²) in [6, 6.07) is 17.3. The molecule has 0 radical (unpaired) electrons. The van der Waals surface area contributed by atoms with Crippen molar-refractivity contribution in [1.82, 2.24) is 4.98 Å². The lowest BCUT2D eigenvalue weighted by atomic mass is 9.94. The Labute approximate surface area is 163 Å². The topological polar surface area (TPSA) is 65.5 Å². The fraction of sp³-hybridized carbons (Fsp3) is 0.261. The zero-order chi connectivity index (χ0) is 19.7. The van der Waals surface area contributed by atoms with E-state index in [9.17, 15) is 9.59 Å². The van der Waals surface area contributed by atoms with E-state index in [2.05, 4.69) is 4.98 Å². The summed E-state index contributed by atoms with van der Waals surface area (Å²) in [7, 11) is 1.34. The van der Waals surface area contributed by atoms with Gasteiger partial charge in [0.15, 0.2) is 0 Å². The SMILES string of the molecule is COC(=O)c1c(COC(=O)[C@H]2C[C@@H]2C)nc2ccccc2c1-c1ccccc1. The van der Waals surface area contributed by atoms with Gasteiger partial charge in [-0.1, -0.05) is 55.5 Å². The molecule has 0 N–H and O–H groups in total. The van der Waals surface area contributed by atoms with Gasteiger partial charge in [0.05, 0.1) is 29.8 Å². The minimum Gasteiger partial charge on any atom is -0.465 e. The number of para-hydroxylation sites is 1. The smallest absolute Gasteiger partial charge is 0.340 e. The van der Waals surface area contributed by atoms with E-state index in [-0.39, 0.29) is 18.5 Å². The van der Waals surface area contributed by atoms with Gasteiger partial charge in [-0.3, -0.25) is 4.79 Å². The minimum absolute atomic E-state index is 0.0457. The number of aromatic nitrogens is 1. The Bertz CT molecular complexity index is 1050. The van der Waals surface area contributed by atoms with Crippen molar-refractivity contribution in [3.63, 3.8) is 0 Å². The van der Waals surface area contributed by atoms with Crippen LogP contribution in [0.5, 0.6) is 0 Å². The number of rotatable bonds is 5. The molecule has 2 aromatic carbocycles. The second kappa shape index (κ2) is 7.43. The number of hydrogen-bond acceptors (Lipinski definition) is 5. The lowest BCUT2D eigenvalue weighted by Crippen LogP contribution is -2.14. The first-order valence-electron chi connectivity index (χ1n) is 9.32. The molecule has 1 saturated carbocycles. The number of fused-ring (bicyclic) bond motifs is 1. The number of carbonyl (C=O) groups excluding carboxylic acids is 2. The molecule has 0 spiro atoms. The predicted molar refractivity (Wildman–Crippen MR) is 106 cm³/mol. The Kier molecular flexibility index (Phi) is 4.82. The van der Waals surface area contributed by atoms with Crippen LogP contribution in [0.4, 0.5) is 0 Å². The van der Waals surface area contributed by atoms with Gasteiger partial charge in [-0.05, 0) is 24.0 Å². The zero-order valence-corrected chi connectivity index (χ0v) is 15.8. The first-order valence-corrected chi connectivity index (χ1v) is 9.32. The summed E-state index contributed by atoms with van der Waals surface area (Å²) in [5, 5.41) is 0.847. The standard InChI is InChI=1S/C23H21NO4/c1-14-12-17(14)22(25)28-13-19-21(23(26)27-2)20(15-8-4-3-5-9-15)16-10-6-7-11-18(16)24-19/h3-11,14,17H,12-13H2,1-2H3/t14-,17-/m0/s1. The fourth-order valence-electron chi connectivity index (χ4n) is 3.49. The van der Waals surface area contributed by atoms with Crippen molar-refractivity contribution in [3.8, 4) is 11.1 Å². The molecule has 1 fully saturated rings. The molecule has 0 saturated heterocycles. The molecule has 5 heteroatoms. The number of pyridine rings is 1. The average molecular weight is 375 g/mol. The van der Waals surface area contributed by atoms with Crippen LogP contribution in [0.2, 0.25) is 0 Å².